The third-order valence-electron chi connectivity index (χ3n) is 3.40. The number of amides is 1. The van der Waals surface area contributed by atoms with Crippen LogP contribution < -0.4 is 5.32 Å². The number of rotatable bonds is 1. The smallest absolute Gasteiger partial charge is 0.226 e. The standard InChI is InChI=1S/C13H16N4OS/c1-13(2,3)11-10-8(7-5-14-19-6-7)4-9(18)15-12(10)17-16-11/h5-6,8H,4H2,1-3H3,(H2,15,16,17,18). The largest absolute Gasteiger partial charge is 0.309 e. The van der Waals surface area contributed by atoms with Crippen molar-refractivity contribution in [2.75, 3.05) is 5.32 Å². The predicted molar refractivity (Wildman–Crippen MR) is 74.5 cm³/mol. The number of aromatic amines is 1. The summed E-state index contributed by atoms with van der Waals surface area (Å²) in [6.45, 7) is 6.42. The molecule has 0 spiro atoms. The van der Waals surface area contributed by atoms with Gasteiger partial charge in [-0.3, -0.25) is 9.89 Å². The zero-order valence-corrected chi connectivity index (χ0v) is 12.0. The van der Waals surface area contributed by atoms with E-state index in [9.17, 15) is 4.79 Å². The summed E-state index contributed by atoms with van der Waals surface area (Å²) in [6.07, 6.45) is 2.30. The van der Waals surface area contributed by atoms with Crippen LogP contribution in [0.3, 0.4) is 0 Å². The van der Waals surface area contributed by atoms with Gasteiger partial charge in [0.15, 0.2) is 5.82 Å². The fourth-order valence-electron chi connectivity index (χ4n) is 2.50. The Morgan fingerprint density at radius 1 is 1.42 bits per heavy atom. The number of fused-ring (bicyclic) bond motifs is 1. The molecule has 1 amide bonds. The first-order valence-corrected chi connectivity index (χ1v) is 7.08. The van der Waals surface area contributed by atoms with Crippen molar-refractivity contribution in [2.24, 2.45) is 0 Å². The van der Waals surface area contributed by atoms with Gasteiger partial charge < -0.3 is 5.32 Å². The monoisotopic (exact) mass is 276 g/mol. The summed E-state index contributed by atoms with van der Waals surface area (Å²) in [4.78, 5) is 11.8. The maximum Gasteiger partial charge on any atom is 0.226 e. The molecular formula is C13H16N4OS. The number of anilines is 1. The van der Waals surface area contributed by atoms with Crippen LogP contribution in [-0.4, -0.2) is 20.5 Å². The van der Waals surface area contributed by atoms with Gasteiger partial charge in [-0.1, -0.05) is 20.8 Å². The lowest BCUT2D eigenvalue weighted by atomic mass is 9.80. The van der Waals surface area contributed by atoms with E-state index in [0.717, 1.165) is 16.8 Å². The van der Waals surface area contributed by atoms with Gasteiger partial charge in [-0.2, -0.15) is 5.10 Å². The molecule has 0 aromatic carbocycles. The van der Waals surface area contributed by atoms with E-state index in [-0.39, 0.29) is 17.2 Å². The number of nitrogens with zero attached hydrogens (tertiary/aromatic N) is 2. The van der Waals surface area contributed by atoms with Crippen molar-refractivity contribution in [3.8, 4) is 0 Å². The van der Waals surface area contributed by atoms with Gasteiger partial charge in [0.05, 0.1) is 0 Å². The van der Waals surface area contributed by atoms with Crippen molar-refractivity contribution in [1.82, 2.24) is 14.6 Å². The SMILES string of the molecule is CC(C)(C)c1[nH]nc2c1C(c1cnsc1)CC(=O)N2. The molecule has 3 rings (SSSR count). The molecule has 0 saturated carbocycles. The minimum absolute atomic E-state index is 0.00987. The Balaban J connectivity index is 2.16. The molecule has 0 aliphatic carbocycles. The molecule has 0 bridgehead atoms. The van der Waals surface area contributed by atoms with Gasteiger partial charge in [-0.25, -0.2) is 4.37 Å². The highest BCUT2D eigenvalue weighted by Gasteiger charge is 2.35. The van der Waals surface area contributed by atoms with Gasteiger partial charge in [-0.15, -0.1) is 0 Å². The average molecular weight is 276 g/mol. The quantitative estimate of drug-likeness (QED) is 0.841. The van der Waals surface area contributed by atoms with Crippen molar-refractivity contribution < 1.29 is 4.79 Å². The molecule has 6 heteroatoms. The van der Waals surface area contributed by atoms with E-state index < -0.39 is 0 Å². The van der Waals surface area contributed by atoms with Crippen LogP contribution >= 0.6 is 11.5 Å². The normalized spacial score (nSPS) is 19.1. The lowest BCUT2D eigenvalue weighted by Crippen LogP contribution is -2.25. The number of nitrogens with one attached hydrogen (secondary N) is 2. The lowest BCUT2D eigenvalue weighted by Gasteiger charge is -2.26. The van der Waals surface area contributed by atoms with Gasteiger partial charge >= 0.3 is 0 Å². The molecule has 1 atom stereocenters. The van der Waals surface area contributed by atoms with E-state index in [1.807, 2.05) is 11.6 Å². The molecule has 1 aliphatic rings. The molecule has 3 heterocycles. The number of carbonyl (C=O) groups is 1. The van der Waals surface area contributed by atoms with Crippen molar-refractivity contribution in [3.05, 3.63) is 28.4 Å². The van der Waals surface area contributed by atoms with Crippen molar-refractivity contribution in [1.29, 1.82) is 0 Å². The van der Waals surface area contributed by atoms with Crippen LogP contribution in [0.4, 0.5) is 5.82 Å². The lowest BCUT2D eigenvalue weighted by molar-refractivity contribution is -0.116. The zero-order chi connectivity index (χ0) is 13.6. The molecule has 0 radical (unpaired) electrons. The van der Waals surface area contributed by atoms with Crippen molar-refractivity contribution in [2.45, 2.75) is 38.5 Å². The van der Waals surface area contributed by atoms with Gasteiger partial charge in [0, 0.05) is 40.6 Å². The maximum absolute atomic E-state index is 11.8. The molecule has 2 N–H and O–H groups in total. The van der Waals surface area contributed by atoms with Crippen molar-refractivity contribution in [3.63, 3.8) is 0 Å². The molecule has 0 saturated heterocycles. The average Bonchev–Trinajstić information content (AvgIpc) is 2.95. The molecule has 5 nitrogen and oxygen atoms in total. The van der Waals surface area contributed by atoms with E-state index in [0.29, 0.717) is 12.2 Å². The molecule has 100 valence electrons. The van der Waals surface area contributed by atoms with E-state index in [2.05, 4.69) is 40.7 Å². The van der Waals surface area contributed by atoms with E-state index in [1.54, 1.807) is 0 Å². The van der Waals surface area contributed by atoms with E-state index in [4.69, 9.17) is 0 Å². The first-order valence-electron chi connectivity index (χ1n) is 6.24. The summed E-state index contributed by atoms with van der Waals surface area (Å²) >= 11 is 1.41. The second-order valence-corrected chi connectivity index (χ2v) is 6.53. The van der Waals surface area contributed by atoms with Crippen molar-refractivity contribution >= 4 is 23.3 Å². The number of H-pyrrole nitrogens is 1. The highest BCUT2D eigenvalue weighted by atomic mass is 32.1. The molecule has 2 aromatic rings. The summed E-state index contributed by atoms with van der Waals surface area (Å²) in [7, 11) is 0. The summed E-state index contributed by atoms with van der Waals surface area (Å²) in [6, 6.07) is 0. The number of hydrogen-bond donors (Lipinski definition) is 2. The topological polar surface area (TPSA) is 70.7 Å². The minimum Gasteiger partial charge on any atom is -0.309 e. The molecule has 1 aliphatic heterocycles. The third-order valence-corrected chi connectivity index (χ3v) is 4.01. The highest BCUT2D eigenvalue weighted by Crippen LogP contribution is 2.41. The summed E-state index contributed by atoms with van der Waals surface area (Å²) in [5.41, 5.74) is 3.24. The Morgan fingerprint density at radius 2 is 2.21 bits per heavy atom. The Bertz CT molecular complexity index is 609. The first-order chi connectivity index (χ1) is 8.97. The van der Waals surface area contributed by atoms with Gasteiger partial charge in [-0.05, 0) is 17.1 Å². The Kier molecular flexibility index (Phi) is 2.70. The van der Waals surface area contributed by atoms with Gasteiger partial charge in [0.25, 0.3) is 0 Å². The van der Waals surface area contributed by atoms with Crippen LogP contribution in [-0.2, 0) is 10.2 Å². The third kappa shape index (κ3) is 2.06. The van der Waals surface area contributed by atoms with E-state index in [1.165, 1.54) is 11.5 Å². The fraction of sp³-hybridized carbons (Fsp3) is 0.462. The van der Waals surface area contributed by atoms with Crippen LogP contribution in [0.1, 0.15) is 49.9 Å². The summed E-state index contributed by atoms with van der Waals surface area (Å²) in [5.74, 6) is 0.725. The van der Waals surface area contributed by atoms with Crippen LogP contribution in [0.5, 0.6) is 0 Å². The number of hydrogen-bond acceptors (Lipinski definition) is 4. The Hall–Kier alpha value is -1.69. The van der Waals surface area contributed by atoms with Crippen LogP contribution in [0.25, 0.3) is 0 Å². The van der Waals surface area contributed by atoms with Crippen LogP contribution in [0, 0.1) is 0 Å². The summed E-state index contributed by atoms with van der Waals surface area (Å²) < 4.78 is 4.15. The molecule has 0 fully saturated rings. The van der Waals surface area contributed by atoms with Crippen LogP contribution in [0.15, 0.2) is 11.6 Å². The minimum atomic E-state index is -0.0374. The summed E-state index contributed by atoms with van der Waals surface area (Å²) in [5, 5.41) is 12.2. The zero-order valence-electron chi connectivity index (χ0n) is 11.2. The number of aromatic nitrogens is 3. The predicted octanol–water partition coefficient (Wildman–Crippen LogP) is 2.64. The molecule has 1 unspecified atom stereocenters. The first kappa shape index (κ1) is 12.3. The highest BCUT2D eigenvalue weighted by molar-refractivity contribution is 7.03. The maximum atomic E-state index is 11.8. The molecule has 19 heavy (non-hydrogen) atoms. The van der Waals surface area contributed by atoms with Crippen LogP contribution in [0.2, 0.25) is 0 Å². The Morgan fingerprint density at radius 3 is 2.84 bits per heavy atom. The second-order valence-electron chi connectivity index (χ2n) is 5.87. The van der Waals surface area contributed by atoms with Gasteiger partial charge in [0.1, 0.15) is 0 Å². The number of carbonyl (C=O) groups excluding carboxylic acids is 1. The molecule has 2 aromatic heterocycles. The molecular weight excluding hydrogens is 260 g/mol. The Labute approximate surface area is 115 Å². The van der Waals surface area contributed by atoms with E-state index >= 15 is 0 Å². The fourth-order valence-corrected chi connectivity index (χ4v) is 3.09. The van der Waals surface area contributed by atoms with Gasteiger partial charge in [0.2, 0.25) is 5.91 Å². The second kappa shape index (κ2) is 4.16.